The summed E-state index contributed by atoms with van der Waals surface area (Å²) in [7, 11) is 1.27. The third-order valence-corrected chi connectivity index (χ3v) is 10.2. The van der Waals surface area contributed by atoms with Crippen molar-refractivity contribution in [2.24, 2.45) is 0 Å². The summed E-state index contributed by atoms with van der Waals surface area (Å²) in [5.41, 5.74) is 0. The van der Waals surface area contributed by atoms with Crippen molar-refractivity contribution in [1.29, 1.82) is 0 Å². The lowest BCUT2D eigenvalue weighted by atomic mass is 10.0. The van der Waals surface area contributed by atoms with Crippen LogP contribution in [0.5, 0.6) is 0 Å². The Labute approximate surface area is 303 Å². The molecule has 9 heteroatoms. The Balaban J connectivity index is 4.45. The molecule has 0 bridgehead atoms. The highest BCUT2D eigenvalue weighted by atomic mass is 31.2. The van der Waals surface area contributed by atoms with Gasteiger partial charge < -0.3 is 28.8 Å². The van der Waals surface area contributed by atoms with Crippen molar-refractivity contribution in [3.63, 3.8) is 0 Å². The zero-order valence-electron chi connectivity index (χ0n) is 32.9. The average molecular weight is 717 g/mol. The number of hydrogen-bond acceptors (Lipinski definition) is 6. The molecule has 0 aliphatic carbocycles. The topological polar surface area (TPSA) is 108 Å². The first-order valence-corrected chi connectivity index (χ1v) is 22.0. The molecule has 0 aromatic rings. The molecule has 3 atom stereocenters. The lowest BCUT2D eigenvalue weighted by Crippen LogP contribution is -2.45. The van der Waals surface area contributed by atoms with E-state index in [1.165, 1.54) is 128 Å². The number of hydrogen-bond donors (Lipinski definition) is 2. The van der Waals surface area contributed by atoms with Crippen LogP contribution >= 0.6 is 7.82 Å². The normalized spacial score (nSPS) is 14.7. The molecule has 49 heavy (non-hydrogen) atoms. The van der Waals surface area contributed by atoms with Gasteiger partial charge in [0.15, 0.2) is 0 Å². The van der Waals surface area contributed by atoms with Gasteiger partial charge in [-0.05, 0) is 19.3 Å². The zero-order chi connectivity index (χ0) is 36.5. The summed E-state index contributed by atoms with van der Waals surface area (Å²) in [5.74, 6) is -0.197. The van der Waals surface area contributed by atoms with Crippen LogP contribution in [0.4, 0.5) is 0 Å². The van der Waals surface area contributed by atoms with E-state index >= 15 is 0 Å². The molecular formula is C40H81N2O6P. The van der Waals surface area contributed by atoms with Crippen LogP contribution in [0, 0.1) is 0 Å². The molecule has 0 aromatic heterocycles. The summed E-state index contributed by atoms with van der Waals surface area (Å²) in [4.78, 5) is 25.2. The predicted octanol–water partition coefficient (Wildman–Crippen LogP) is 10.2. The number of unbranched alkanes of at least 4 members (excludes halogenated alkanes) is 24. The van der Waals surface area contributed by atoms with Crippen LogP contribution in [0.15, 0.2) is 12.2 Å². The van der Waals surface area contributed by atoms with Gasteiger partial charge in [0, 0.05) is 6.42 Å². The lowest BCUT2D eigenvalue weighted by Gasteiger charge is -2.29. The molecular weight excluding hydrogens is 635 g/mol. The van der Waals surface area contributed by atoms with E-state index in [0.29, 0.717) is 17.4 Å². The monoisotopic (exact) mass is 717 g/mol. The number of nitrogens with one attached hydrogen (secondary N) is 1. The standard InChI is InChI=1S/C40H81N2O6P/c1-6-8-10-12-14-16-18-20-21-22-24-26-28-30-32-34-40(44)41-38(37-48-49(45,46)47-36-35-42(3,4)5)39(43)33-31-29-27-25-23-19-17-15-13-11-9-7-2/h31,33,38-39,43H,6-30,32,34-37H2,1-5H3,(H-,41,44,45,46)/b33-31+/t38-,39+/m0/s1. The number of nitrogens with zero attached hydrogens (tertiary/aromatic N) is 1. The minimum Gasteiger partial charge on any atom is -0.756 e. The summed E-state index contributed by atoms with van der Waals surface area (Å²) in [6.45, 7) is 4.63. The summed E-state index contributed by atoms with van der Waals surface area (Å²) < 4.78 is 23.1. The molecule has 0 aliphatic heterocycles. The van der Waals surface area contributed by atoms with Gasteiger partial charge in [-0.25, -0.2) is 0 Å². The maximum Gasteiger partial charge on any atom is 0.268 e. The number of rotatable bonds is 37. The number of likely N-dealkylation sites (N-methyl/N-ethyl adjacent to an activating group) is 1. The number of amides is 1. The third-order valence-electron chi connectivity index (χ3n) is 9.25. The van der Waals surface area contributed by atoms with Gasteiger partial charge in [0.05, 0.1) is 39.9 Å². The Hall–Kier alpha value is -0.760. The number of carbonyl (C=O) groups excluding carboxylic acids is 1. The van der Waals surface area contributed by atoms with Crippen LogP contribution < -0.4 is 10.2 Å². The van der Waals surface area contributed by atoms with Gasteiger partial charge in [-0.3, -0.25) is 9.36 Å². The number of quaternary nitrogens is 1. The Morgan fingerprint density at radius 3 is 1.53 bits per heavy atom. The maximum atomic E-state index is 12.8. The number of phosphoric ester groups is 1. The highest BCUT2D eigenvalue weighted by Crippen LogP contribution is 2.38. The molecule has 0 heterocycles. The Morgan fingerprint density at radius 2 is 1.10 bits per heavy atom. The number of allylic oxidation sites excluding steroid dienone is 1. The highest BCUT2D eigenvalue weighted by Gasteiger charge is 2.23. The molecule has 0 rings (SSSR count). The number of aliphatic hydroxyl groups is 1. The van der Waals surface area contributed by atoms with Gasteiger partial charge in [-0.1, -0.05) is 174 Å². The van der Waals surface area contributed by atoms with Crippen molar-refractivity contribution >= 4 is 13.7 Å². The van der Waals surface area contributed by atoms with E-state index in [4.69, 9.17) is 9.05 Å². The van der Waals surface area contributed by atoms with Gasteiger partial charge in [0.1, 0.15) is 13.2 Å². The van der Waals surface area contributed by atoms with Gasteiger partial charge in [0.25, 0.3) is 7.82 Å². The summed E-state index contributed by atoms with van der Waals surface area (Å²) in [5, 5.41) is 13.7. The summed E-state index contributed by atoms with van der Waals surface area (Å²) >= 11 is 0. The van der Waals surface area contributed by atoms with Crippen LogP contribution in [0.3, 0.4) is 0 Å². The molecule has 0 saturated carbocycles. The minimum atomic E-state index is -4.57. The van der Waals surface area contributed by atoms with Crippen LogP contribution in [-0.4, -0.2) is 68.5 Å². The van der Waals surface area contributed by atoms with E-state index in [9.17, 15) is 19.4 Å². The van der Waals surface area contributed by atoms with Crippen molar-refractivity contribution in [2.45, 2.75) is 199 Å². The van der Waals surface area contributed by atoms with Gasteiger partial charge in [-0.15, -0.1) is 0 Å². The van der Waals surface area contributed by atoms with Crippen LogP contribution in [0.1, 0.15) is 187 Å². The quantitative estimate of drug-likeness (QED) is 0.0287. The first kappa shape index (κ1) is 48.2. The van der Waals surface area contributed by atoms with E-state index < -0.39 is 20.0 Å². The molecule has 0 saturated heterocycles. The van der Waals surface area contributed by atoms with Crippen LogP contribution in [0.25, 0.3) is 0 Å². The predicted molar refractivity (Wildman–Crippen MR) is 205 cm³/mol. The molecule has 2 N–H and O–H groups in total. The molecule has 1 amide bonds. The summed E-state index contributed by atoms with van der Waals surface area (Å²) in [6.07, 6.45) is 35.3. The second-order valence-corrected chi connectivity index (χ2v) is 16.8. The van der Waals surface area contributed by atoms with Crippen molar-refractivity contribution in [1.82, 2.24) is 5.32 Å². The van der Waals surface area contributed by atoms with Crippen LogP contribution in [-0.2, 0) is 18.4 Å². The second kappa shape index (κ2) is 33.1. The Bertz CT molecular complexity index is 819. The van der Waals surface area contributed by atoms with Gasteiger partial charge in [-0.2, -0.15) is 0 Å². The fraction of sp³-hybridized carbons (Fsp3) is 0.925. The number of phosphoric acid groups is 1. The fourth-order valence-electron chi connectivity index (χ4n) is 5.92. The van der Waals surface area contributed by atoms with E-state index in [-0.39, 0.29) is 19.1 Å². The Morgan fingerprint density at radius 1 is 0.694 bits per heavy atom. The van der Waals surface area contributed by atoms with E-state index in [0.717, 1.165) is 38.5 Å². The van der Waals surface area contributed by atoms with E-state index in [2.05, 4.69) is 19.2 Å². The number of aliphatic hydroxyl groups excluding tert-OH is 1. The third kappa shape index (κ3) is 35.4. The van der Waals surface area contributed by atoms with E-state index in [1.807, 2.05) is 27.2 Å². The first-order chi connectivity index (χ1) is 23.5. The zero-order valence-corrected chi connectivity index (χ0v) is 33.8. The smallest absolute Gasteiger partial charge is 0.268 e. The highest BCUT2D eigenvalue weighted by molar-refractivity contribution is 7.45. The number of carbonyl (C=O) groups is 1. The van der Waals surface area contributed by atoms with Crippen LogP contribution in [0.2, 0.25) is 0 Å². The molecule has 8 nitrogen and oxygen atoms in total. The van der Waals surface area contributed by atoms with Crippen molar-refractivity contribution in [3.05, 3.63) is 12.2 Å². The molecule has 0 aromatic carbocycles. The fourth-order valence-corrected chi connectivity index (χ4v) is 6.64. The minimum absolute atomic E-state index is 0.00180. The molecule has 0 aliphatic rings. The first-order valence-electron chi connectivity index (χ1n) is 20.6. The molecule has 292 valence electrons. The lowest BCUT2D eigenvalue weighted by molar-refractivity contribution is -0.870. The molecule has 1 unspecified atom stereocenters. The average Bonchev–Trinajstić information content (AvgIpc) is 3.04. The molecule has 0 spiro atoms. The van der Waals surface area contributed by atoms with E-state index in [1.54, 1.807) is 6.08 Å². The van der Waals surface area contributed by atoms with Crippen molar-refractivity contribution < 1.29 is 32.9 Å². The largest absolute Gasteiger partial charge is 0.756 e. The molecule has 0 fully saturated rings. The molecule has 0 radical (unpaired) electrons. The van der Waals surface area contributed by atoms with Crippen molar-refractivity contribution in [2.75, 3.05) is 40.9 Å². The second-order valence-electron chi connectivity index (χ2n) is 15.4. The summed E-state index contributed by atoms with van der Waals surface area (Å²) in [6, 6.07) is -0.878. The Kier molecular flexibility index (Phi) is 32.6. The van der Waals surface area contributed by atoms with Gasteiger partial charge in [0.2, 0.25) is 5.91 Å². The van der Waals surface area contributed by atoms with Crippen molar-refractivity contribution in [3.8, 4) is 0 Å². The van der Waals surface area contributed by atoms with Gasteiger partial charge >= 0.3 is 0 Å². The maximum absolute atomic E-state index is 12.8. The SMILES string of the molecule is CCCCCCCCCCCC/C=C/[C@@H](O)[C@H](COP(=O)([O-])OCC[N+](C)(C)C)NC(=O)CCCCCCCCCCCCCCCCC.